The lowest BCUT2D eigenvalue weighted by Gasteiger charge is -2.29. The molecule has 0 aromatic carbocycles. The third kappa shape index (κ3) is 4.09. The Morgan fingerprint density at radius 1 is 1.21 bits per heavy atom. The number of fused-ring (bicyclic) bond motifs is 1. The minimum absolute atomic E-state index is 0.0613. The van der Waals surface area contributed by atoms with Gasteiger partial charge in [-0.15, -0.1) is 0 Å². The van der Waals surface area contributed by atoms with Crippen LogP contribution in [0.2, 0.25) is 0 Å². The van der Waals surface area contributed by atoms with E-state index < -0.39 is 0 Å². The zero-order chi connectivity index (χ0) is 14.8. The van der Waals surface area contributed by atoms with Crippen LogP contribution in [0.1, 0.15) is 53.9 Å². The lowest BCUT2D eigenvalue weighted by molar-refractivity contribution is -0.118. The number of hydrogen-bond acceptors (Lipinski definition) is 1. The van der Waals surface area contributed by atoms with Crippen LogP contribution in [-0.2, 0) is 4.79 Å². The molecule has 2 heteroatoms. The highest BCUT2D eigenvalue weighted by Gasteiger charge is 2.36. The molecule has 108 valence electrons. The van der Waals surface area contributed by atoms with Gasteiger partial charge < -0.3 is 5.32 Å². The van der Waals surface area contributed by atoms with Crippen molar-refractivity contribution in [1.82, 2.24) is 5.32 Å². The zero-order valence-electron chi connectivity index (χ0n) is 13.1. The van der Waals surface area contributed by atoms with Crippen LogP contribution in [-0.4, -0.2) is 11.9 Å². The first-order valence-corrected chi connectivity index (χ1v) is 7.58. The highest BCUT2D eigenvalue weighted by atomic mass is 16.1. The van der Waals surface area contributed by atoms with Crippen molar-refractivity contribution < 1.29 is 4.79 Å². The largest absolute Gasteiger partial charge is 0.349 e. The average Bonchev–Trinajstić information content (AvgIpc) is 2.92. The van der Waals surface area contributed by atoms with E-state index in [9.17, 15) is 4.79 Å². The van der Waals surface area contributed by atoms with Gasteiger partial charge in [0.1, 0.15) is 0 Å². The van der Waals surface area contributed by atoms with E-state index in [1.54, 1.807) is 0 Å². The van der Waals surface area contributed by atoms with Crippen molar-refractivity contribution in [3.63, 3.8) is 0 Å². The van der Waals surface area contributed by atoms with Gasteiger partial charge in [0.2, 0.25) is 0 Å². The first-order valence-electron chi connectivity index (χ1n) is 7.58. The number of nitrogens with one attached hydrogen (secondary N) is 1. The maximum atomic E-state index is 11.8. The Morgan fingerprint density at radius 2 is 1.84 bits per heavy atom. The molecule has 2 atom stereocenters. The van der Waals surface area contributed by atoms with Crippen molar-refractivity contribution in [2.24, 2.45) is 5.92 Å². The van der Waals surface area contributed by atoms with Crippen LogP contribution in [0.3, 0.4) is 0 Å². The molecule has 1 aliphatic carbocycles. The Hall–Kier alpha value is -1.31. The SMILES string of the molecule is C=CC1=C(/C=C\C)C(=O)NC2CCCC12.CC.CC. The first kappa shape index (κ1) is 17.7. The van der Waals surface area contributed by atoms with E-state index in [1.165, 1.54) is 12.8 Å². The van der Waals surface area contributed by atoms with Gasteiger partial charge >= 0.3 is 0 Å². The molecule has 1 heterocycles. The minimum atomic E-state index is 0.0613. The Labute approximate surface area is 118 Å². The maximum Gasteiger partial charge on any atom is 0.251 e. The molecule has 1 N–H and O–H groups in total. The van der Waals surface area contributed by atoms with Crippen molar-refractivity contribution in [3.05, 3.63) is 36.0 Å². The molecule has 0 aromatic heterocycles. The van der Waals surface area contributed by atoms with Gasteiger partial charge in [0.05, 0.1) is 0 Å². The van der Waals surface area contributed by atoms with Gasteiger partial charge in [0.15, 0.2) is 0 Å². The molecule has 1 amide bonds. The molecule has 2 rings (SSSR count). The summed E-state index contributed by atoms with van der Waals surface area (Å²) in [7, 11) is 0. The molecule has 2 aliphatic rings. The molecule has 1 saturated carbocycles. The van der Waals surface area contributed by atoms with Gasteiger partial charge in [-0.25, -0.2) is 0 Å². The standard InChI is InChI=1S/C13H17NO.2C2H6/c1-3-6-11-9(4-2)10-7-5-8-12(10)14-13(11)15;2*1-2/h3-4,6,10,12H,2,5,7-8H2,1H3,(H,14,15);2*1-2H3/b6-3-;;. The van der Waals surface area contributed by atoms with Crippen LogP contribution in [0.5, 0.6) is 0 Å². The summed E-state index contributed by atoms with van der Waals surface area (Å²) in [5.41, 5.74) is 1.94. The lowest BCUT2D eigenvalue weighted by atomic mass is 9.86. The summed E-state index contributed by atoms with van der Waals surface area (Å²) in [6.07, 6.45) is 9.14. The molecule has 1 aliphatic heterocycles. The number of rotatable bonds is 2. The number of carbonyl (C=O) groups is 1. The predicted molar refractivity (Wildman–Crippen MR) is 84.0 cm³/mol. The second-order valence-electron chi connectivity index (χ2n) is 4.19. The van der Waals surface area contributed by atoms with Gasteiger partial charge in [-0.3, -0.25) is 4.79 Å². The Balaban J connectivity index is 0.000000741. The molecule has 0 radical (unpaired) electrons. The predicted octanol–water partition coefficient (Wildman–Crippen LogP) is 4.40. The fourth-order valence-electron chi connectivity index (χ4n) is 2.68. The average molecular weight is 263 g/mol. The van der Waals surface area contributed by atoms with Crippen LogP contribution in [0.4, 0.5) is 0 Å². The van der Waals surface area contributed by atoms with E-state index in [2.05, 4.69) is 11.9 Å². The van der Waals surface area contributed by atoms with E-state index in [-0.39, 0.29) is 5.91 Å². The smallest absolute Gasteiger partial charge is 0.251 e. The molecule has 0 aromatic rings. The van der Waals surface area contributed by atoms with Gasteiger partial charge in [-0.1, -0.05) is 58.9 Å². The summed E-state index contributed by atoms with van der Waals surface area (Å²) in [6, 6.07) is 0.347. The topological polar surface area (TPSA) is 29.1 Å². The minimum Gasteiger partial charge on any atom is -0.349 e. The highest BCUT2D eigenvalue weighted by molar-refractivity contribution is 5.98. The molecular weight excluding hydrogens is 234 g/mol. The third-order valence-corrected chi connectivity index (χ3v) is 3.34. The molecular formula is C17H29NO. The van der Waals surface area contributed by atoms with Crippen molar-refractivity contribution in [2.75, 3.05) is 0 Å². The van der Waals surface area contributed by atoms with Gasteiger partial charge in [-0.2, -0.15) is 0 Å². The van der Waals surface area contributed by atoms with E-state index in [4.69, 9.17) is 0 Å². The van der Waals surface area contributed by atoms with Crippen molar-refractivity contribution in [2.45, 2.75) is 59.9 Å². The Bertz CT molecular complexity index is 352. The molecule has 19 heavy (non-hydrogen) atoms. The molecule has 0 saturated heterocycles. The summed E-state index contributed by atoms with van der Waals surface area (Å²) in [4.78, 5) is 11.8. The van der Waals surface area contributed by atoms with Crippen molar-refractivity contribution >= 4 is 5.91 Å². The van der Waals surface area contributed by atoms with E-state index >= 15 is 0 Å². The Kier molecular flexibility index (Phi) is 8.94. The normalized spacial score (nSPS) is 24.8. The van der Waals surface area contributed by atoms with Gasteiger partial charge in [0, 0.05) is 17.5 Å². The Morgan fingerprint density at radius 3 is 2.37 bits per heavy atom. The zero-order valence-corrected chi connectivity index (χ0v) is 13.1. The fraction of sp³-hybridized carbons (Fsp3) is 0.588. The number of amides is 1. The second-order valence-corrected chi connectivity index (χ2v) is 4.19. The van der Waals surface area contributed by atoms with Crippen molar-refractivity contribution in [1.29, 1.82) is 0 Å². The fourth-order valence-corrected chi connectivity index (χ4v) is 2.68. The van der Waals surface area contributed by atoms with E-state index in [1.807, 2.05) is 52.8 Å². The first-order chi connectivity index (χ1) is 9.27. The summed E-state index contributed by atoms with van der Waals surface area (Å²) in [5, 5.41) is 3.08. The summed E-state index contributed by atoms with van der Waals surface area (Å²) >= 11 is 0. The van der Waals surface area contributed by atoms with E-state index in [0.717, 1.165) is 17.6 Å². The van der Waals surface area contributed by atoms with Crippen LogP contribution < -0.4 is 5.32 Å². The van der Waals surface area contributed by atoms with Crippen molar-refractivity contribution in [3.8, 4) is 0 Å². The third-order valence-electron chi connectivity index (χ3n) is 3.34. The lowest BCUT2D eigenvalue weighted by Crippen LogP contribution is -2.43. The van der Waals surface area contributed by atoms with Gasteiger partial charge in [-0.05, 0) is 25.3 Å². The summed E-state index contributed by atoms with van der Waals surface area (Å²) in [6.45, 7) is 13.8. The van der Waals surface area contributed by atoms with Gasteiger partial charge in [0.25, 0.3) is 5.91 Å². The highest BCUT2D eigenvalue weighted by Crippen LogP contribution is 2.37. The maximum absolute atomic E-state index is 11.8. The second kappa shape index (κ2) is 9.60. The monoisotopic (exact) mass is 263 g/mol. The van der Waals surface area contributed by atoms with Crippen LogP contribution >= 0.6 is 0 Å². The quantitative estimate of drug-likeness (QED) is 0.786. The molecule has 2 nitrogen and oxygen atoms in total. The number of carbonyl (C=O) groups excluding carboxylic acids is 1. The molecule has 0 bridgehead atoms. The number of hydrogen-bond donors (Lipinski definition) is 1. The molecule has 1 fully saturated rings. The van der Waals surface area contributed by atoms with E-state index in [0.29, 0.717) is 12.0 Å². The van der Waals surface area contributed by atoms with Crippen LogP contribution in [0.25, 0.3) is 0 Å². The van der Waals surface area contributed by atoms with Crippen LogP contribution in [0.15, 0.2) is 36.0 Å². The molecule has 0 spiro atoms. The summed E-state index contributed by atoms with van der Waals surface area (Å²) in [5.74, 6) is 0.553. The summed E-state index contributed by atoms with van der Waals surface area (Å²) < 4.78 is 0. The van der Waals surface area contributed by atoms with Crippen LogP contribution in [0, 0.1) is 5.92 Å². The molecule has 2 unspecified atom stereocenters. The number of allylic oxidation sites excluding steroid dienone is 2.